The molecule has 0 amide bonds. The Labute approximate surface area is 290 Å². The van der Waals surface area contributed by atoms with Crippen LogP contribution in [0.1, 0.15) is 0 Å². The third-order valence-electron chi connectivity index (χ3n) is 10.0. The van der Waals surface area contributed by atoms with E-state index >= 15 is 0 Å². The monoisotopic (exact) mass is 657 g/mol. The number of benzene rings is 8. The molecule has 50 heavy (non-hydrogen) atoms. The van der Waals surface area contributed by atoms with Crippen LogP contribution in [0.15, 0.2) is 173 Å². The van der Waals surface area contributed by atoms with E-state index in [4.69, 9.17) is 8.83 Å². The lowest BCUT2D eigenvalue weighted by Crippen LogP contribution is -2.10. The van der Waals surface area contributed by atoms with E-state index in [1.54, 1.807) is 0 Å². The third-order valence-corrected chi connectivity index (χ3v) is 11.3. The first-order chi connectivity index (χ1) is 24.8. The van der Waals surface area contributed by atoms with Crippen LogP contribution < -0.4 is 4.90 Å². The molecule has 0 N–H and O–H groups in total. The topological polar surface area (TPSA) is 29.5 Å². The maximum absolute atomic E-state index is 6.83. The lowest BCUT2D eigenvalue weighted by molar-refractivity contribution is 0.669. The van der Waals surface area contributed by atoms with Crippen molar-refractivity contribution in [1.29, 1.82) is 0 Å². The van der Waals surface area contributed by atoms with Gasteiger partial charge in [-0.25, -0.2) is 0 Å². The van der Waals surface area contributed by atoms with Crippen molar-refractivity contribution >= 4 is 103 Å². The Hall–Kier alpha value is -6.36. The summed E-state index contributed by atoms with van der Waals surface area (Å²) in [4.78, 5) is 2.33. The molecule has 8 aromatic carbocycles. The SMILES string of the molecule is c1ccc(-c2ccc(N(c3ccc4c(c3)oc3c5ccccc5ccc43)c3cc4c5ccccc5sc4c4c3oc3ccccc34)cc2)cc1. The predicted octanol–water partition coefficient (Wildman–Crippen LogP) is 14.1. The number of para-hydroxylation sites is 1. The smallest absolute Gasteiger partial charge is 0.160 e. The van der Waals surface area contributed by atoms with Gasteiger partial charge in [0.2, 0.25) is 0 Å². The first kappa shape index (κ1) is 27.6. The van der Waals surface area contributed by atoms with Gasteiger partial charge in [0.1, 0.15) is 16.7 Å². The highest BCUT2D eigenvalue weighted by Gasteiger charge is 2.24. The molecule has 11 rings (SSSR count). The quantitative estimate of drug-likeness (QED) is 0.189. The molecule has 0 unspecified atom stereocenters. The molecule has 3 nitrogen and oxygen atoms in total. The van der Waals surface area contributed by atoms with Crippen LogP contribution in [-0.4, -0.2) is 0 Å². The van der Waals surface area contributed by atoms with Crippen molar-refractivity contribution in [1.82, 2.24) is 0 Å². The first-order valence-electron chi connectivity index (χ1n) is 16.8. The molecule has 0 spiro atoms. The van der Waals surface area contributed by atoms with Gasteiger partial charge in [-0.3, -0.25) is 0 Å². The van der Waals surface area contributed by atoms with Crippen molar-refractivity contribution in [3.05, 3.63) is 164 Å². The van der Waals surface area contributed by atoms with Gasteiger partial charge in [-0.05, 0) is 65.0 Å². The fourth-order valence-electron chi connectivity index (χ4n) is 7.71. The van der Waals surface area contributed by atoms with Crippen molar-refractivity contribution in [3.63, 3.8) is 0 Å². The molecule has 3 aromatic heterocycles. The van der Waals surface area contributed by atoms with Crippen LogP contribution >= 0.6 is 11.3 Å². The van der Waals surface area contributed by atoms with Crippen molar-refractivity contribution < 1.29 is 8.83 Å². The molecular formula is C46H27NO2S. The normalized spacial score (nSPS) is 12.0. The van der Waals surface area contributed by atoms with E-state index in [2.05, 4.69) is 163 Å². The molecule has 0 fully saturated rings. The molecule has 0 aliphatic heterocycles. The maximum atomic E-state index is 6.83. The van der Waals surface area contributed by atoms with Gasteiger partial charge in [-0.15, -0.1) is 11.3 Å². The minimum absolute atomic E-state index is 0.850. The first-order valence-corrected chi connectivity index (χ1v) is 17.7. The summed E-state index contributed by atoms with van der Waals surface area (Å²) in [5.74, 6) is 0. The Morgan fingerprint density at radius 1 is 0.420 bits per heavy atom. The molecule has 0 saturated heterocycles. The number of rotatable bonds is 4. The fourth-order valence-corrected chi connectivity index (χ4v) is 8.94. The number of furan rings is 2. The molecule has 4 heteroatoms. The second-order valence-electron chi connectivity index (χ2n) is 12.9. The van der Waals surface area contributed by atoms with Gasteiger partial charge in [0.15, 0.2) is 5.58 Å². The molecule has 0 bridgehead atoms. The van der Waals surface area contributed by atoms with Gasteiger partial charge >= 0.3 is 0 Å². The predicted molar refractivity (Wildman–Crippen MR) is 212 cm³/mol. The highest BCUT2D eigenvalue weighted by atomic mass is 32.1. The number of hydrogen-bond donors (Lipinski definition) is 0. The minimum atomic E-state index is 0.850. The second kappa shape index (κ2) is 10.6. The number of thiophene rings is 1. The summed E-state index contributed by atoms with van der Waals surface area (Å²) in [7, 11) is 0. The highest BCUT2D eigenvalue weighted by Crippen LogP contribution is 2.50. The third kappa shape index (κ3) is 4.03. The van der Waals surface area contributed by atoms with Crippen molar-refractivity contribution in [2.75, 3.05) is 4.90 Å². The summed E-state index contributed by atoms with van der Waals surface area (Å²) < 4.78 is 16.0. The lowest BCUT2D eigenvalue weighted by Gasteiger charge is -2.26. The minimum Gasteiger partial charge on any atom is -0.455 e. The molecule has 11 aromatic rings. The Kier molecular flexibility index (Phi) is 5.83. The van der Waals surface area contributed by atoms with Gasteiger partial charge in [-0.1, -0.05) is 109 Å². The van der Waals surface area contributed by atoms with E-state index in [1.165, 1.54) is 36.7 Å². The summed E-state index contributed by atoms with van der Waals surface area (Å²) >= 11 is 1.83. The van der Waals surface area contributed by atoms with Crippen LogP contribution in [0.4, 0.5) is 17.1 Å². The van der Waals surface area contributed by atoms with Crippen LogP contribution in [0.5, 0.6) is 0 Å². The number of hydrogen-bond acceptors (Lipinski definition) is 4. The zero-order valence-corrected chi connectivity index (χ0v) is 27.6. The number of nitrogens with zero attached hydrogens (tertiary/aromatic N) is 1. The molecule has 0 radical (unpaired) electrons. The average Bonchev–Trinajstić information content (AvgIpc) is 3.87. The van der Waals surface area contributed by atoms with E-state index in [0.29, 0.717) is 0 Å². The largest absolute Gasteiger partial charge is 0.455 e. The van der Waals surface area contributed by atoms with Crippen molar-refractivity contribution in [3.8, 4) is 11.1 Å². The summed E-state index contributed by atoms with van der Waals surface area (Å²) in [5.41, 5.74) is 8.89. The fraction of sp³-hybridized carbons (Fsp3) is 0. The van der Waals surface area contributed by atoms with E-state index in [9.17, 15) is 0 Å². The van der Waals surface area contributed by atoms with E-state index < -0.39 is 0 Å². The molecule has 3 heterocycles. The van der Waals surface area contributed by atoms with Crippen molar-refractivity contribution in [2.24, 2.45) is 0 Å². The molecule has 0 atom stereocenters. The van der Waals surface area contributed by atoms with Crippen LogP contribution in [0, 0.1) is 0 Å². The van der Waals surface area contributed by atoms with Crippen LogP contribution in [0.25, 0.3) is 85.9 Å². The van der Waals surface area contributed by atoms with E-state index in [1.807, 2.05) is 17.4 Å². The van der Waals surface area contributed by atoms with E-state index in [0.717, 1.165) is 66.3 Å². The molecule has 0 aliphatic rings. The summed E-state index contributed by atoms with van der Waals surface area (Å²) in [6.07, 6.45) is 0. The Morgan fingerprint density at radius 3 is 1.98 bits per heavy atom. The van der Waals surface area contributed by atoms with Crippen LogP contribution in [0.3, 0.4) is 0 Å². The zero-order chi connectivity index (χ0) is 32.8. The molecular weight excluding hydrogens is 631 g/mol. The standard InChI is InChI=1S/C46H27NO2S/c1-2-10-28(11-3-1)29-18-21-31(22-19-29)47(32-23-25-34-36-24-20-30-12-4-5-13-33(30)44(36)49-41(34)26-32)39-27-38-35-14-7-9-17-42(35)50-46(38)43-37-15-6-8-16-40(37)48-45(39)43/h1-27H. The number of fused-ring (bicyclic) bond motifs is 12. The highest BCUT2D eigenvalue weighted by molar-refractivity contribution is 7.26. The molecule has 0 saturated carbocycles. The number of anilines is 3. The zero-order valence-electron chi connectivity index (χ0n) is 26.8. The summed E-state index contributed by atoms with van der Waals surface area (Å²) in [6, 6.07) is 58.1. The average molecular weight is 658 g/mol. The summed E-state index contributed by atoms with van der Waals surface area (Å²) in [5, 5.41) is 9.26. The molecule has 0 aliphatic carbocycles. The van der Waals surface area contributed by atoms with Gasteiger partial charge in [0.25, 0.3) is 0 Å². The maximum Gasteiger partial charge on any atom is 0.160 e. The van der Waals surface area contributed by atoms with Gasteiger partial charge < -0.3 is 13.7 Å². The van der Waals surface area contributed by atoms with Gasteiger partial charge in [-0.2, -0.15) is 0 Å². The van der Waals surface area contributed by atoms with Crippen LogP contribution in [0.2, 0.25) is 0 Å². The molecule has 234 valence electrons. The van der Waals surface area contributed by atoms with E-state index in [-0.39, 0.29) is 0 Å². The van der Waals surface area contributed by atoms with Crippen LogP contribution in [-0.2, 0) is 0 Å². The lowest BCUT2D eigenvalue weighted by atomic mass is 10.0. The second-order valence-corrected chi connectivity index (χ2v) is 13.9. The van der Waals surface area contributed by atoms with Gasteiger partial charge in [0, 0.05) is 58.9 Å². The Bertz CT molecular complexity index is 3090. The van der Waals surface area contributed by atoms with Gasteiger partial charge in [0.05, 0.1) is 11.4 Å². The van der Waals surface area contributed by atoms with Crippen molar-refractivity contribution in [2.45, 2.75) is 0 Å². The Balaban J connectivity index is 1.21. The summed E-state index contributed by atoms with van der Waals surface area (Å²) in [6.45, 7) is 0. The Morgan fingerprint density at radius 2 is 1.10 bits per heavy atom.